The number of carboxylic acid groups (broad SMARTS) is 2. The van der Waals surface area contributed by atoms with Crippen LogP contribution >= 0.6 is 0 Å². The van der Waals surface area contributed by atoms with Crippen molar-refractivity contribution in [3.8, 4) is 5.75 Å². The number of amides is 5. The third-order valence-electron chi connectivity index (χ3n) is 8.66. The lowest BCUT2D eigenvalue weighted by molar-refractivity contribution is -0.143. The number of aromatic hydroxyl groups is 1. The predicted octanol–water partition coefficient (Wildman–Crippen LogP) is -0.956. The number of aliphatic hydroxyl groups excluding tert-OH is 1. The number of carbonyl (C=O) groups excluding carboxylic acids is 5. The fraction of sp³-hybridized carbons (Fsp3) is 0.500. The Kier molecular flexibility index (Phi) is 19.4. The third kappa shape index (κ3) is 16.4. The number of phenols is 1. The molecule has 18 heteroatoms. The van der Waals surface area contributed by atoms with Crippen molar-refractivity contribution in [1.29, 1.82) is 0 Å². The summed E-state index contributed by atoms with van der Waals surface area (Å²) in [6.45, 7) is 5.17. The summed E-state index contributed by atoms with van der Waals surface area (Å²) in [4.78, 5) is 91.3. The molecule has 0 aliphatic rings. The zero-order chi connectivity index (χ0) is 41.9. The second-order valence-corrected chi connectivity index (χ2v) is 14.0. The van der Waals surface area contributed by atoms with Gasteiger partial charge in [-0.2, -0.15) is 0 Å². The maximum Gasteiger partial charge on any atom is 0.326 e. The average molecular weight is 786 g/mol. The second-order valence-electron chi connectivity index (χ2n) is 14.0. The van der Waals surface area contributed by atoms with Gasteiger partial charge in [0.15, 0.2) is 0 Å². The Morgan fingerprint density at radius 2 is 1.09 bits per heavy atom. The van der Waals surface area contributed by atoms with Crippen molar-refractivity contribution in [2.75, 3.05) is 6.54 Å². The van der Waals surface area contributed by atoms with E-state index in [-0.39, 0.29) is 37.4 Å². The second kappa shape index (κ2) is 23.4. The molecule has 2 rings (SSSR count). The molecule has 18 nitrogen and oxygen atoms in total. The van der Waals surface area contributed by atoms with E-state index in [1.807, 2.05) is 0 Å². The normalized spacial score (nSPS) is 14.8. The first-order valence-electron chi connectivity index (χ1n) is 18.3. The Morgan fingerprint density at radius 1 is 0.625 bits per heavy atom. The average Bonchev–Trinajstić information content (AvgIpc) is 3.13. The first-order chi connectivity index (χ1) is 26.4. The van der Waals surface area contributed by atoms with Crippen molar-refractivity contribution in [1.82, 2.24) is 26.6 Å². The Balaban J connectivity index is 2.47. The Hall–Kier alpha value is -5.59. The molecule has 0 aromatic heterocycles. The molecule has 0 fully saturated rings. The number of hydrogen-bond donors (Lipinski definition) is 11. The van der Waals surface area contributed by atoms with Crippen LogP contribution in [0.1, 0.15) is 64.0 Å². The molecule has 0 bridgehead atoms. The van der Waals surface area contributed by atoms with Crippen molar-refractivity contribution in [3.05, 3.63) is 65.7 Å². The molecule has 0 saturated heterocycles. The molecule has 308 valence electrons. The highest BCUT2D eigenvalue weighted by atomic mass is 16.4. The van der Waals surface area contributed by atoms with Crippen LogP contribution in [0, 0.1) is 5.92 Å². The number of phenolic OH excluding ortho intramolecular Hbond substituents is 1. The minimum absolute atomic E-state index is 0.0602. The predicted molar refractivity (Wildman–Crippen MR) is 204 cm³/mol. The smallest absolute Gasteiger partial charge is 0.326 e. The van der Waals surface area contributed by atoms with Gasteiger partial charge in [0.2, 0.25) is 29.5 Å². The summed E-state index contributed by atoms with van der Waals surface area (Å²) >= 11 is 0. The molecule has 0 heterocycles. The van der Waals surface area contributed by atoms with Gasteiger partial charge in [-0.1, -0.05) is 56.3 Å². The monoisotopic (exact) mass is 785 g/mol. The van der Waals surface area contributed by atoms with Crippen LogP contribution < -0.4 is 38.1 Å². The molecule has 56 heavy (non-hydrogen) atoms. The van der Waals surface area contributed by atoms with Gasteiger partial charge in [-0.25, -0.2) is 4.79 Å². The molecule has 2 aromatic rings. The number of benzene rings is 2. The summed E-state index contributed by atoms with van der Waals surface area (Å²) in [7, 11) is 0. The maximum absolute atomic E-state index is 14.1. The highest BCUT2D eigenvalue weighted by Gasteiger charge is 2.34. The molecule has 5 amide bonds. The van der Waals surface area contributed by atoms with Crippen LogP contribution in [0.2, 0.25) is 0 Å². The molecule has 0 radical (unpaired) electrons. The minimum Gasteiger partial charge on any atom is -0.508 e. The van der Waals surface area contributed by atoms with Gasteiger partial charge in [0.25, 0.3) is 0 Å². The maximum atomic E-state index is 14.1. The summed E-state index contributed by atoms with van der Waals surface area (Å²) in [5.74, 6) is -7.47. The standard InChI is InChI=1S/C38H55N7O11/c1-21(2)17-27(33(50)41-26(38(55)56)11-7-8-16-39)42-34(51)29(19-24-12-14-25(47)15-13-24)43-35(52)28(18-23-9-5-4-6-10-23)44-36(53)30(20-31(48)49)45-37(54)32(40)22(3)46/h4-6,9-10,12-15,21-22,26-30,32,46-47H,7-8,11,16-20,39-40H2,1-3H3,(H,41,50)(H,42,51)(H,43,52)(H,44,53)(H,45,54)(H,48,49)(H,55,56)/t22-,26+,27+,28+,29+,30+,32+/m1/s1. The molecule has 7 atom stereocenters. The molecular weight excluding hydrogens is 730 g/mol. The SMILES string of the molecule is CC(C)C[C@H](NC(=O)[C@H](Cc1ccc(O)cc1)NC(=O)[C@H](Cc1ccccc1)NC(=O)[C@H](CC(=O)O)NC(=O)[C@@H](N)[C@@H](C)O)C(=O)N[C@@H](CCCCN)C(=O)O. The van der Waals surface area contributed by atoms with Crippen LogP contribution in [-0.4, -0.2) is 111 Å². The molecule has 0 aliphatic heterocycles. The van der Waals surface area contributed by atoms with Gasteiger partial charge in [-0.15, -0.1) is 0 Å². The minimum atomic E-state index is -1.72. The molecule has 0 spiro atoms. The molecule has 2 aromatic carbocycles. The third-order valence-corrected chi connectivity index (χ3v) is 8.66. The van der Waals surface area contributed by atoms with E-state index in [9.17, 15) is 54.0 Å². The lowest BCUT2D eigenvalue weighted by atomic mass is 9.99. The number of carbonyl (C=O) groups is 7. The van der Waals surface area contributed by atoms with E-state index in [1.165, 1.54) is 31.2 Å². The lowest BCUT2D eigenvalue weighted by Gasteiger charge is -2.28. The van der Waals surface area contributed by atoms with E-state index >= 15 is 0 Å². The number of nitrogens with two attached hydrogens (primary N) is 2. The number of aliphatic carboxylic acids is 2. The van der Waals surface area contributed by atoms with E-state index in [2.05, 4.69) is 26.6 Å². The van der Waals surface area contributed by atoms with Crippen LogP contribution in [-0.2, 0) is 46.4 Å². The topological polar surface area (TPSA) is 313 Å². The van der Waals surface area contributed by atoms with E-state index in [1.54, 1.807) is 44.2 Å². The van der Waals surface area contributed by atoms with E-state index in [0.29, 0.717) is 30.5 Å². The van der Waals surface area contributed by atoms with Gasteiger partial charge in [-0.05, 0) is 68.3 Å². The molecular formula is C38H55N7O11. The fourth-order valence-corrected chi connectivity index (χ4v) is 5.55. The van der Waals surface area contributed by atoms with Gasteiger partial charge in [-0.3, -0.25) is 28.8 Å². The number of hydrogen-bond acceptors (Lipinski definition) is 11. The van der Waals surface area contributed by atoms with Crippen molar-refractivity contribution >= 4 is 41.5 Å². The van der Waals surface area contributed by atoms with Gasteiger partial charge in [0.1, 0.15) is 42.0 Å². The number of carboxylic acids is 2. The largest absolute Gasteiger partial charge is 0.508 e. The summed E-state index contributed by atoms with van der Waals surface area (Å²) in [5, 5.41) is 51.2. The van der Waals surface area contributed by atoms with Crippen LogP contribution in [0.15, 0.2) is 54.6 Å². The van der Waals surface area contributed by atoms with Gasteiger partial charge < -0.3 is 58.5 Å². The van der Waals surface area contributed by atoms with Crippen molar-refractivity contribution in [3.63, 3.8) is 0 Å². The quantitative estimate of drug-likeness (QED) is 0.0573. The van der Waals surface area contributed by atoms with Crippen LogP contribution in [0.3, 0.4) is 0 Å². The highest BCUT2D eigenvalue weighted by Crippen LogP contribution is 2.14. The van der Waals surface area contributed by atoms with E-state index < -0.39 is 90.3 Å². The first-order valence-corrected chi connectivity index (χ1v) is 18.3. The summed E-state index contributed by atoms with van der Waals surface area (Å²) < 4.78 is 0. The Labute approximate surface area is 325 Å². The van der Waals surface area contributed by atoms with Crippen molar-refractivity contribution in [2.24, 2.45) is 17.4 Å². The van der Waals surface area contributed by atoms with Crippen molar-refractivity contribution in [2.45, 2.75) is 108 Å². The number of nitrogens with one attached hydrogen (secondary N) is 5. The van der Waals surface area contributed by atoms with Gasteiger partial charge >= 0.3 is 11.9 Å². The number of unbranched alkanes of at least 4 members (excludes halogenated alkanes) is 1. The molecule has 13 N–H and O–H groups in total. The lowest BCUT2D eigenvalue weighted by Crippen LogP contribution is -2.60. The van der Waals surface area contributed by atoms with E-state index in [4.69, 9.17) is 11.5 Å². The van der Waals surface area contributed by atoms with Crippen molar-refractivity contribution < 1.29 is 54.0 Å². The molecule has 0 aliphatic carbocycles. The summed E-state index contributed by atoms with van der Waals surface area (Å²) in [6.07, 6.45) is -1.34. The van der Waals surface area contributed by atoms with Crippen LogP contribution in [0.4, 0.5) is 0 Å². The molecule has 0 saturated carbocycles. The highest BCUT2D eigenvalue weighted by molar-refractivity contribution is 5.97. The van der Waals surface area contributed by atoms with E-state index in [0.717, 1.165) is 0 Å². The molecule has 0 unspecified atom stereocenters. The summed E-state index contributed by atoms with van der Waals surface area (Å²) in [5.41, 5.74) is 12.3. The number of aliphatic hydroxyl groups is 1. The Bertz CT molecular complexity index is 1620. The first kappa shape index (κ1) is 46.6. The Morgan fingerprint density at radius 3 is 1.57 bits per heavy atom. The van der Waals surface area contributed by atoms with Gasteiger partial charge in [0.05, 0.1) is 12.5 Å². The van der Waals surface area contributed by atoms with Gasteiger partial charge in [0, 0.05) is 12.8 Å². The van der Waals surface area contributed by atoms with Crippen LogP contribution in [0.25, 0.3) is 0 Å². The fourth-order valence-electron chi connectivity index (χ4n) is 5.55. The zero-order valence-corrected chi connectivity index (χ0v) is 31.8. The van der Waals surface area contributed by atoms with Crippen LogP contribution in [0.5, 0.6) is 5.75 Å². The zero-order valence-electron chi connectivity index (χ0n) is 31.8. The summed E-state index contributed by atoms with van der Waals surface area (Å²) in [6, 6.07) is 5.69. The number of rotatable bonds is 24.